The van der Waals surface area contributed by atoms with Crippen LogP contribution in [0.4, 0.5) is 0 Å². The molecule has 0 radical (unpaired) electrons. The van der Waals surface area contributed by atoms with Gasteiger partial charge >= 0.3 is 0 Å². The topological polar surface area (TPSA) is 149 Å². The molecule has 7 unspecified atom stereocenters. The van der Waals surface area contributed by atoms with Crippen molar-refractivity contribution in [1.82, 2.24) is 5.32 Å². The van der Waals surface area contributed by atoms with Crippen LogP contribution in [-0.2, 0) is 14.3 Å². The molecule has 1 fully saturated rings. The second-order valence-electron chi connectivity index (χ2n) is 20.8. The molecule has 7 atom stereocenters. The van der Waals surface area contributed by atoms with Crippen molar-refractivity contribution >= 4 is 5.91 Å². The largest absolute Gasteiger partial charge is 0.394 e. The van der Waals surface area contributed by atoms with E-state index in [9.17, 15) is 30.3 Å². The summed E-state index contributed by atoms with van der Waals surface area (Å²) in [5, 5.41) is 54.4. The number of ether oxygens (including phenoxy) is 2. The fraction of sp³-hybridized carbons (Fsp3) is 0.915. The molecular formula is C59H113NO8. The minimum Gasteiger partial charge on any atom is -0.394 e. The number of carbonyl (C=O) groups excluding carboxylic acids is 1. The lowest BCUT2D eigenvalue weighted by Crippen LogP contribution is -2.60. The summed E-state index contributed by atoms with van der Waals surface area (Å²) in [7, 11) is 0. The Bertz CT molecular complexity index is 1120. The molecule has 0 spiro atoms. The van der Waals surface area contributed by atoms with Crippen molar-refractivity contribution in [3.05, 3.63) is 24.3 Å². The van der Waals surface area contributed by atoms with Crippen LogP contribution in [0.3, 0.4) is 0 Å². The first-order chi connectivity index (χ1) is 33.3. The molecule has 0 saturated carbocycles. The molecule has 0 bridgehead atoms. The number of aliphatic hydroxyl groups excluding tert-OH is 5. The zero-order chi connectivity index (χ0) is 49.4. The van der Waals surface area contributed by atoms with Crippen molar-refractivity contribution in [2.75, 3.05) is 13.2 Å². The van der Waals surface area contributed by atoms with Gasteiger partial charge in [-0.15, -0.1) is 0 Å². The summed E-state index contributed by atoms with van der Waals surface area (Å²) in [6.45, 7) is 3.78. The normalized spacial score (nSPS) is 19.7. The van der Waals surface area contributed by atoms with Gasteiger partial charge in [0, 0.05) is 6.42 Å². The summed E-state index contributed by atoms with van der Waals surface area (Å²) >= 11 is 0. The van der Waals surface area contributed by atoms with Gasteiger partial charge < -0.3 is 40.3 Å². The van der Waals surface area contributed by atoms with Gasteiger partial charge in [0.15, 0.2) is 6.29 Å². The Morgan fingerprint density at radius 3 is 1.24 bits per heavy atom. The lowest BCUT2D eigenvalue weighted by Gasteiger charge is -2.40. The molecule has 0 aromatic rings. The molecule has 1 aliphatic rings. The third-order valence-electron chi connectivity index (χ3n) is 14.3. The van der Waals surface area contributed by atoms with E-state index >= 15 is 0 Å². The molecule has 1 saturated heterocycles. The number of allylic oxidation sites excluding steroid dienone is 3. The fourth-order valence-electron chi connectivity index (χ4n) is 9.59. The van der Waals surface area contributed by atoms with Gasteiger partial charge in [0.2, 0.25) is 5.91 Å². The van der Waals surface area contributed by atoms with Gasteiger partial charge in [0.25, 0.3) is 0 Å². The summed E-state index contributed by atoms with van der Waals surface area (Å²) < 4.78 is 11.2. The molecule has 0 aliphatic carbocycles. The number of carbonyl (C=O) groups is 1. The Balaban J connectivity index is 2.13. The quantitative estimate of drug-likeness (QED) is 0.0261. The summed E-state index contributed by atoms with van der Waals surface area (Å²) in [5.74, 6) is -0.184. The van der Waals surface area contributed by atoms with Crippen molar-refractivity contribution < 1.29 is 39.8 Å². The molecule has 0 aromatic carbocycles. The molecular weight excluding hydrogens is 851 g/mol. The molecule has 1 rings (SSSR count). The first-order valence-electron chi connectivity index (χ1n) is 29.6. The fourth-order valence-corrected chi connectivity index (χ4v) is 9.59. The highest BCUT2D eigenvalue weighted by Crippen LogP contribution is 2.23. The van der Waals surface area contributed by atoms with Crippen LogP contribution in [0.5, 0.6) is 0 Å². The van der Waals surface area contributed by atoms with Gasteiger partial charge in [0.1, 0.15) is 24.4 Å². The van der Waals surface area contributed by atoms with Crippen LogP contribution in [0.25, 0.3) is 0 Å². The van der Waals surface area contributed by atoms with E-state index in [0.29, 0.717) is 6.42 Å². The first-order valence-corrected chi connectivity index (χ1v) is 29.6. The van der Waals surface area contributed by atoms with Gasteiger partial charge in [-0.25, -0.2) is 0 Å². The average Bonchev–Trinajstić information content (AvgIpc) is 3.34. The number of hydrogen-bond acceptors (Lipinski definition) is 8. The molecule has 6 N–H and O–H groups in total. The van der Waals surface area contributed by atoms with Crippen molar-refractivity contribution in [2.45, 2.75) is 333 Å². The molecule has 68 heavy (non-hydrogen) atoms. The van der Waals surface area contributed by atoms with Crippen molar-refractivity contribution in [3.63, 3.8) is 0 Å². The average molecular weight is 965 g/mol. The predicted octanol–water partition coefficient (Wildman–Crippen LogP) is 14.6. The van der Waals surface area contributed by atoms with E-state index in [0.717, 1.165) is 38.5 Å². The lowest BCUT2D eigenvalue weighted by molar-refractivity contribution is -0.302. The van der Waals surface area contributed by atoms with Gasteiger partial charge in [-0.3, -0.25) is 4.79 Å². The Morgan fingerprint density at radius 2 is 0.838 bits per heavy atom. The van der Waals surface area contributed by atoms with E-state index in [1.807, 2.05) is 6.08 Å². The zero-order valence-corrected chi connectivity index (χ0v) is 44.6. The Kier molecular flexibility index (Phi) is 46.9. The van der Waals surface area contributed by atoms with Crippen LogP contribution in [0.15, 0.2) is 24.3 Å². The smallest absolute Gasteiger partial charge is 0.220 e. The molecule has 402 valence electrons. The molecule has 9 heteroatoms. The van der Waals surface area contributed by atoms with Crippen LogP contribution in [0.2, 0.25) is 0 Å². The van der Waals surface area contributed by atoms with Crippen LogP contribution in [-0.4, -0.2) is 87.5 Å². The predicted molar refractivity (Wildman–Crippen MR) is 286 cm³/mol. The van der Waals surface area contributed by atoms with E-state index in [1.165, 1.54) is 231 Å². The number of rotatable bonds is 51. The number of unbranched alkanes of at least 4 members (excludes halogenated alkanes) is 39. The van der Waals surface area contributed by atoms with Crippen LogP contribution < -0.4 is 5.32 Å². The van der Waals surface area contributed by atoms with E-state index < -0.39 is 49.5 Å². The van der Waals surface area contributed by atoms with Gasteiger partial charge in [-0.2, -0.15) is 0 Å². The highest BCUT2D eigenvalue weighted by Gasteiger charge is 2.44. The minimum atomic E-state index is -1.57. The lowest BCUT2D eigenvalue weighted by atomic mass is 9.99. The standard InChI is InChI=1S/C59H113NO8/c1-3-5-7-9-11-13-15-17-18-19-20-21-22-23-24-25-26-27-28-29-30-31-32-33-34-35-36-37-38-40-42-44-46-48-53(62)52(51-67-59-58(66)57(65)56(64)54(50-61)68-59)60-55(63)49-47-45-43-41-39-16-14-12-10-8-6-4-2/h38,40,46,48,52-54,56-59,61-62,64-66H,3-37,39,41-45,47,49-51H2,1-2H3,(H,60,63)/b40-38+,48-46+. The van der Waals surface area contributed by atoms with Crippen molar-refractivity contribution in [2.24, 2.45) is 0 Å². The van der Waals surface area contributed by atoms with Gasteiger partial charge in [0.05, 0.1) is 25.4 Å². The van der Waals surface area contributed by atoms with Crippen LogP contribution >= 0.6 is 0 Å². The summed E-state index contributed by atoms with van der Waals surface area (Å²) in [4.78, 5) is 13.0. The van der Waals surface area contributed by atoms with Crippen LogP contribution in [0.1, 0.15) is 290 Å². The maximum Gasteiger partial charge on any atom is 0.220 e. The highest BCUT2D eigenvalue weighted by atomic mass is 16.7. The maximum atomic E-state index is 13.0. The number of amides is 1. The maximum absolute atomic E-state index is 13.0. The Morgan fingerprint density at radius 1 is 0.485 bits per heavy atom. The van der Waals surface area contributed by atoms with Gasteiger partial charge in [-0.1, -0.05) is 276 Å². The van der Waals surface area contributed by atoms with Crippen LogP contribution in [0, 0.1) is 0 Å². The van der Waals surface area contributed by atoms with Gasteiger partial charge in [-0.05, 0) is 32.1 Å². The summed E-state index contributed by atoms with van der Waals surface area (Å²) in [6.07, 6.45) is 55.6. The SMILES string of the molecule is CCCCCCCCCCCCCCCCCCCCCCCCCCCCC/C=C/CC/C=C/C(O)C(COC1OC(CO)C(O)C(O)C1O)NC(=O)CCCCCCCCCCCCCC. The molecule has 9 nitrogen and oxygen atoms in total. The highest BCUT2D eigenvalue weighted by molar-refractivity contribution is 5.76. The second-order valence-corrected chi connectivity index (χ2v) is 20.8. The number of hydrogen-bond donors (Lipinski definition) is 6. The van der Waals surface area contributed by atoms with E-state index in [2.05, 4.69) is 31.3 Å². The number of nitrogens with one attached hydrogen (secondary N) is 1. The van der Waals surface area contributed by atoms with Crippen molar-refractivity contribution in [3.8, 4) is 0 Å². The number of aliphatic hydroxyl groups is 5. The summed E-state index contributed by atoms with van der Waals surface area (Å²) in [5.41, 5.74) is 0. The minimum absolute atomic E-state index is 0.184. The van der Waals surface area contributed by atoms with E-state index in [4.69, 9.17) is 9.47 Å². The third-order valence-corrected chi connectivity index (χ3v) is 14.3. The Labute approximate surface area is 419 Å². The molecule has 1 heterocycles. The molecule has 1 aliphatic heterocycles. The molecule has 1 amide bonds. The Hall–Kier alpha value is -1.33. The first kappa shape index (κ1) is 64.7. The second kappa shape index (κ2) is 49.3. The zero-order valence-electron chi connectivity index (χ0n) is 44.6. The summed E-state index contributed by atoms with van der Waals surface area (Å²) in [6, 6.07) is -0.817. The van der Waals surface area contributed by atoms with Crippen molar-refractivity contribution in [1.29, 1.82) is 0 Å². The molecule has 0 aromatic heterocycles. The third kappa shape index (κ3) is 38.4. The van der Waals surface area contributed by atoms with E-state index in [1.54, 1.807) is 6.08 Å². The van der Waals surface area contributed by atoms with E-state index in [-0.39, 0.29) is 12.5 Å². The monoisotopic (exact) mass is 964 g/mol.